The molecule has 30 heavy (non-hydrogen) atoms. The molecule has 10 nitrogen and oxygen atoms in total. The summed E-state index contributed by atoms with van der Waals surface area (Å²) in [6.45, 7) is 0.328. The second-order valence-corrected chi connectivity index (χ2v) is 9.45. The lowest BCUT2D eigenvalue weighted by Gasteiger charge is -2.25. The topological polar surface area (TPSA) is 137 Å². The van der Waals surface area contributed by atoms with E-state index in [1.807, 2.05) is 0 Å². The summed E-state index contributed by atoms with van der Waals surface area (Å²) < 4.78 is 23.6. The molecule has 0 aliphatic rings. The van der Waals surface area contributed by atoms with Gasteiger partial charge in [0.1, 0.15) is 11.4 Å². The van der Waals surface area contributed by atoms with Crippen LogP contribution >= 0.6 is 0 Å². The van der Waals surface area contributed by atoms with E-state index in [-0.39, 0.29) is 18.5 Å². The molecule has 0 fully saturated rings. The van der Waals surface area contributed by atoms with Gasteiger partial charge >= 0.3 is 0 Å². The molecule has 0 aliphatic heterocycles. The van der Waals surface area contributed by atoms with Gasteiger partial charge in [0.25, 0.3) is 5.56 Å². The molecule has 2 aromatic heterocycles. The van der Waals surface area contributed by atoms with Gasteiger partial charge in [-0.1, -0.05) is 12.1 Å². The van der Waals surface area contributed by atoms with Gasteiger partial charge in [0.15, 0.2) is 15.6 Å². The molecule has 2 heterocycles. The molecule has 0 aliphatic carbocycles. The zero-order chi connectivity index (χ0) is 21.9. The highest BCUT2D eigenvalue weighted by atomic mass is 32.2. The van der Waals surface area contributed by atoms with E-state index in [2.05, 4.69) is 15.2 Å². The second kappa shape index (κ2) is 8.28. The van der Waals surface area contributed by atoms with Gasteiger partial charge in [-0.3, -0.25) is 14.2 Å². The molecule has 158 valence electrons. The number of hydrogen-bond donors (Lipinski definition) is 1. The van der Waals surface area contributed by atoms with Crippen LogP contribution in [0.1, 0.15) is 13.3 Å². The number of aryl methyl sites for hydroxylation is 1. The molecule has 0 saturated carbocycles. The quantitative estimate of drug-likeness (QED) is 0.536. The zero-order valence-corrected chi connectivity index (χ0v) is 17.3. The number of nitrogens with zero attached hydrogens (tertiary/aromatic N) is 5. The van der Waals surface area contributed by atoms with E-state index in [9.17, 15) is 18.0 Å². The summed E-state index contributed by atoms with van der Waals surface area (Å²) in [5.74, 6) is -0.811. The number of rotatable bonds is 8. The maximum Gasteiger partial charge on any atom is 0.253 e. The van der Waals surface area contributed by atoms with Crippen molar-refractivity contribution in [3.63, 3.8) is 0 Å². The van der Waals surface area contributed by atoms with E-state index >= 15 is 0 Å². The first kappa shape index (κ1) is 21.5. The van der Waals surface area contributed by atoms with E-state index in [0.29, 0.717) is 11.3 Å². The van der Waals surface area contributed by atoms with Crippen LogP contribution in [-0.2, 0) is 21.2 Å². The van der Waals surface area contributed by atoms with Crippen LogP contribution in [0.15, 0.2) is 53.8 Å². The number of aliphatic hydroxyl groups is 1. The van der Waals surface area contributed by atoms with E-state index in [4.69, 9.17) is 5.11 Å². The van der Waals surface area contributed by atoms with Gasteiger partial charge in [0, 0.05) is 24.4 Å². The van der Waals surface area contributed by atoms with E-state index in [1.165, 1.54) is 28.7 Å². The van der Waals surface area contributed by atoms with Crippen molar-refractivity contribution >= 4 is 15.6 Å². The molecule has 1 N–H and O–H groups in total. The van der Waals surface area contributed by atoms with Crippen molar-refractivity contribution in [3.8, 4) is 16.9 Å². The largest absolute Gasteiger partial charge is 0.389 e. The normalized spacial score (nSPS) is 13.7. The summed E-state index contributed by atoms with van der Waals surface area (Å²) in [6, 6.07) is 8.49. The Bertz CT molecular complexity index is 1200. The van der Waals surface area contributed by atoms with Crippen molar-refractivity contribution in [2.45, 2.75) is 24.6 Å². The van der Waals surface area contributed by atoms with Gasteiger partial charge in [-0.05, 0) is 25.5 Å². The molecular formula is C19H21N5O5S. The van der Waals surface area contributed by atoms with Crippen molar-refractivity contribution in [2.24, 2.45) is 0 Å². The Morgan fingerprint density at radius 3 is 2.33 bits per heavy atom. The summed E-state index contributed by atoms with van der Waals surface area (Å²) in [5, 5.41) is 17.2. The highest BCUT2D eigenvalue weighted by Gasteiger charge is 2.42. The van der Waals surface area contributed by atoms with Crippen molar-refractivity contribution in [3.05, 3.63) is 59.4 Å². The first-order valence-corrected chi connectivity index (χ1v) is 10.9. The predicted octanol–water partition coefficient (Wildman–Crippen LogP) is 0.246. The van der Waals surface area contributed by atoms with Gasteiger partial charge in [-0.15, -0.1) is 0 Å². The Balaban J connectivity index is 1.80. The molecule has 0 spiro atoms. The Labute approximate surface area is 172 Å². The fourth-order valence-electron chi connectivity index (χ4n) is 2.90. The molecule has 11 heteroatoms. The van der Waals surface area contributed by atoms with Gasteiger partial charge in [-0.2, -0.15) is 15.0 Å². The van der Waals surface area contributed by atoms with E-state index < -0.39 is 27.0 Å². The fourth-order valence-corrected chi connectivity index (χ4v) is 3.84. The monoisotopic (exact) mass is 431 g/mol. The Kier molecular flexibility index (Phi) is 5.94. The van der Waals surface area contributed by atoms with E-state index in [1.54, 1.807) is 36.7 Å². The van der Waals surface area contributed by atoms with Crippen molar-refractivity contribution in [1.29, 1.82) is 0 Å². The van der Waals surface area contributed by atoms with Crippen molar-refractivity contribution in [2.75, 3.05) is 12.9 Å². The summed E-state index contributed by atoms with van der Waals surface area (Å²) in [6.07, 6.45) is 5.23. The van der Waals surface area contributed by atoms with Gasteiger partial charge in [0.05, 0.1) is 30.1 Å². The first-order chi connectivity index (χ1) is 14.2. The first-order valence-electron chi connectivity index (χ1n) is 9.03. The van der Waals surface area contributed by atoms with Crippen LogP contribution in [-0.4, -0.2) is 61.5 Å². The average Bonchev–Trinajstić information content (AvgIpc) is 3.26. The molecule has 0 bridgehead atoms. The van der Waals surface area contributed by atoms with Crippen molar-refractivity contribution < 1.29 is 18.3 Å². The number of carbonyl (C=O) groups is 1. The molecule has 0 saturated heterocycles. The maximum absolute atomic E-state index is 12.5. The summed E-state index contributed by atoms with van der Waals surface area (Å²) in [7, 11) is -3.79. The Morgan fingerprint density at radius 1 is 1.17 bits per heavy atom. The number of carbonyl (C=O) groups excluding carboxylic acids is 1. The van der Waals surface area contributed by atoms with Gasteiger partial charge in [0.2, 0.25) is 0 Å². The van der Waals surface area contributed by atoms with Gasteiger partial charge < -0.3 is 5.11 Å². The molecular weight excluding hydrogens is 410 g/mol. The molecule has 1 atom stereocenters. The number of aromatic nitrogens is 5. The minimum Gasteiger partial charge on any atom is -0.389 e. The summed E-state index contributed by atoms with van der Waals surface area (Å²) >= 11 is 0. The Morgan fingerprint density at radius 2 is 1.80 bits per heavy atom. The summed E-state index contributed by atoms with van der Waals surface area (Å²) in [4.78, 5) is 30.2. The zero-order valence-electron chi connectivity index (χ0n) is 16.5. The third-order valence-electron chi connectivity index (χ3n) is 5.07. The fraction of sp³-hybridized carbons (Fsp3) is 0.316. The lowest BCUT2D eigenvalue weighted by Crippen LogP contribution is -2.46. The van der Waals surface area contributed by atoms with Crippen LogP contribution in [0.3, 0.4) is 0 Å². The van der Waals surface area contributed by atoms with Crippen LogP contribution in [0.4, 0.5) is 0 Å². The lowest BCUT2D eigenvalue weighted by molar-refractivity contribution is -0.124. The molecule has 0 radical (unpaired) electrons. The van der Waals surface area contributed by atoms with Crippen LogP contribution in [0.5, 0.6) is 0 Å². The van der Waals surface area contributed by atoms with Gasteiger partial charge in [-0.25, -0.2) is 13.4 Å². The third-order valence-corrected chi connectivity index (χ3v) is 7.14. The van der Waals surface area contributed by atoms with Crippen LogP contribution < -0.4 is 5.56 Å². The van der Waals surface area contributed by atoms with Crippen LogP contribution in [0, 0.1) is 0 Å². The second-order valence-electron chi connectivity index (χ2n) is 7.01. The SMILES string of the molecule is C[C@@](CCn1cnc(-c2ccc(-n3nccn3)cc2)cc1=O)(C(=O)CO)S(C)(=O)=O. The smallest absolute Gasteiger partial charge is 0.253 e. The number of ketones is 1. The standard InChI is InChI=1S/C19H21N5O5S/c1-19(17(26)12-25,30(2,28)29)7-10-23-13-20-16(11-18(23)27)14-3-5-15(6-4-14)24-21-8-9-22-24/h3-6,8-9,11,13,25H,7,10,12H2,1-2H3/t19-/m1/s1. The predicted molar refractivity (Wildman–Crippen MR) is 109 cm³/mol. The van der Waals surface area contributed by atoms with Crippen LogP contribution in [0.2, 0.25) is 0 Å². The lowest BCUT2D eigenvalue weighted by atomic mass is 10.0. The minimum absolute atomic E-state index is 0.0364. The maximum atomic E-state index is 12.5. The number of benzene rings is 1. The number of sulfone groups is 1. The van der Waals surface area contributed by atoms with E-state index in [0.717, 1.165) is 11.9 Å². The number of Topliss-reactive ketones (excluding diaryl/α,β-unsaturated/α-hetero) is 1. The third kappa shape index (κ3) is 4.21. The molecule has 0 unspecified atom stereocenters. The average molecular weight is 431 g/mol. The number of aliphatic hydroxyl groups excluding tert-OH is 1. The molecule has 3 rings (SSSR count). The number of hydrogen-bond acceptors (Lipinski definition) is 8. The Hall–Kier alpha value is -3.18. The molecule has 3 aromatic rings. The van der Waals surface area contributed by atoms with Crippen LogP contribution in [0.25, 0.3) is 16.9 Å². The van der Waals surface area contributed by atoms with Crippen molar-refractivity contribution in [1.82, 2.24) is 24.5 Å². The highest BCUT2D eigenvalue weighted by molar-refractivity contribution is 7.92. The molecule has 0 amide bonds. The molecule has 1 aromatic carbocycles. The minimum atomic E-state index is -3.79. The highest BCUT2D eigenvalue weighted by Crippen LogP contribution is 2.23. The summed E-state index contributed by atoms with van der Waals surface area (Å²) in [5.41, 5.74) is 1.54.